The van der Waals surface area contributed by atoms with Gasteiger partial charge < -0.3 is 0 Å². The molecule has 2 atom stereocenters. The molecule has 0 heterocycles. The van der Waals surface area contributed by atoms with E-state index in [4.69, 9.17) is 7.85 Å². The molecule has 0 aromatic heterocycles. The van der Waals surface area contributed by atoms with Crippen LogP contribution in [0.5, 0.6) is 0 Å². The van der Waals surface area contributed by atoms with Crippen LogP contribution in [0, 0.1) is 11.8 Å². The van der Waals surface area contributed by atoms with Crippen molar-refractivity contribution in [2.24, 2.45) is 11.8 Å². The van der Waals surface area contributed by atoms with Gasteiger partial charge in [-0.15, -0.1) is 0 Å². The van der Waals surface area contributed by atoms with Crippen molar-refractivity contribution in [2.45, 2.75) is 37.8 Å². The van der Waals surface area contributed by atoms with E-state index in [0.717, 1.165) is 24.7 Å². The molecule has 2 unspecified atom stereocenters. The van der Waals surface area contributed by atoms with Crippen molar-refractivity contribution in [1.29, 1.82) is 0 Å². The summed E-state index contributed by atoms with van der Waals surface area (Å²) in [5, 5.41) is 0. The zero-order chi connectivity index (χ0) is 7.78. The van der Waals surface area contributed by atoms with Crippen molar-refractivity contribution in [1.82, 2.24) is 0 Å². The second-order valence-electron chi connectivity index (χ2n) is 3.85. The van der Waals surface area contributed by atoms with Crippen LogP contribution in [0.1, 0.15) is 33.1 Å². The van der Waals surface area contributed by atoms with Crippen LogP contribution in [-0.4, -0.2) is 12.5 Å². The fourth-order valence-corrected chi connectivity index (χ4v) is 2.03. The maximum absolute atomic E-state index is 5.87. The average Bonchev–Trinajstić information content (AvgIpc) is 2.10. The van der Waals surface area contributed by atoms with Gasteiger partial charge in [0.05, 0.1) is 7.85 Å². The van der Waals surface area contributed by atoms with Gasteiger partial charge in [0, 0.05) is 0 Å². The smallest absolute Gasteiger partial charge is 0.0889 e. The Hall–Kier alpha value is 0.415. The van der Waals surface area contributed by atoms with Crippen LogP contribution >= 0.6 is 12.6 Å². The molecular formula is C8H15BS. The van der Waals surface area contributed by atoms with Gasteiger partial charge in [0.2, 0.25) is 0 Å². The third kappa shape index (κ3) is 1.95. The maximum Gasteiger partial charge on any atom is 0.0889 e. The van der Waals surface area contributed by atoms with Gasteiger partial charge in [-0.3, -0.25) is 0 Å². The highest BCUT2D eigenvalue weighted by atomic mass is 32.1. The maximum atomic E-state index is 5.87. The Bertz CT molecular complexity index is 120. The van der Waals surface area contributed by atoms with Crippen molar-refractivity contribution in [3.05, 3.63) is 0 Å². The topological polar surface area (TPSA) is 0 Å². The van der Waals surface area contributed by atoms with Crippen LogP contribution in [0.4, 0.5) is 0 Å². The normalized spacial score (nSPS) is 41.0. The summed E-state index contributed by atoms with van der Waals surface area (Å²) in [5.74, 6) is 1.58. The number of hydrogen-bond donors (Lipinski definition) is 1. The summed E-state index contributed by atoms with van der Waals surface area (Å²) in [4.78, 5) is 0. The van der Waals surface area contributed by atoms with E-state index in [1.54, 1.807) is 0 Å². The van der Waals surface area contributed by atoms with Gasteiger partial charge in [0.1, 0.15) is 0 Å². The lowest BCUT2D eigenvalue weighted by molar-refractivity contribution is 0.395. The predicted octanol–water partition coefficient (Wildman–Crippen LogP) is 2.24. The Morgan fingerprint density at radius 2 is 2.20 bits per heavy atom. The number of rotatable bonds is 1. The van der Waals surface area contributed by atoms with Crippen LogP contribution < -0.4 is 0 Å². The van der Waals surface area contributed by atoms with Crippen LogP contribution in [0.15, 0.2) is 0 Å². The molecule has 1 fully saturated rings. The van der Waals surface area contributed by atoms with E-state index in [2.05, 4.69) is 26.5 Å². The van der Waals surface area contributed by atoms with Gasteiger partial charge in [-0.25, -0.2) is 0 Å². The molecule has 56 valence electrons. The molecule has 0 aromatic rings. The lowest BCUT2D eigenvalue weighted by Crippen LogP contribution is -2.17. The minimum Gasteiger partial charge on any atom is -0.182 e. The summed E-state index contributed by atoms with van der Waals surface area (Å²) >= 11 is 4.38. The van der Waals surface area contributed by atoms with E-state index >= 15 is 0 Å². The van der Waals surface area contributed by atoms with Gasteiger partial charge in [-0.2, -0.15) is 12.6 Å². The third-order valence-corrected chi connectivity index (χ3v) is 2.91. The molecule has 1 aliphatic rings. The SMILES string of the molecule is [B]C1(S)CCC(C(C)C)C1. The second-order valence-corrected chi connectivity index (χ2v) is 4.74. The lowest BCUT2D eigenvalue weighted by Gasteiger charge is -2.18. The summed E-state index contributed by atoms with van der Waals surface area (Å²) in [6.45, 7) is 4.53. The Kier molecular flexibility index (Phi) is 2.39. The van der Waals surface area contributed by atoms with E-state index in [-0.39, 0.29) is 4.65 Å². The summed E-state index contributed by atoms with van der Waals surface area (Å²) in [6.07, 6.45) is 3.43. The second kappa shape index (κ2) is 2.81. The Labute approximate surface area is 70.6 Å². The van der Waals surface area contributed by atoms with E-state index in [0.29, 0.717) is 0 Å². The fraction of sp³-hybridized carbons (Fsp3) is 1.00. The Morgan fingerprint density at radius 3 is 2.40 bits per heavy atom. The molecule has 0 nitrogen and oxygen atoms in total. The summed E-state index contributed by atoms with van der Waals surface area (Å²) in [5.41, 5.74) is 0. The molecule has 1 saturated carbocycles. The molecule has 0 N–H and O–H groups in total. The molecule has 0 aromatic carbocycles. The quantitative estimate of drug-likeness (QED) is 0.434. The first kappa shape index (κ1) is 8.51. The number of hydrogen-bond acceptors (Lipinski definition) is 1. The molecule has 1 aliphatic carbocycles. The Morgan fingerprint density at radius 1 is 1.60 bits per heavy atom. The molecule has 0 aliphatic heterocycles. The summed E-state index contributed by atoms with van der Waals surface area (Å²) in [6, 6.07) is 0. The van der Waals surface area contributed by atoms with Gasteiger partial charge in [-0.05, 0) is 35.7 Å². The van der Waals surface area contributed by atoms with E-state index in [9.17, 15) is 0 Å². The van der Waals surface area contributed by atoms with E-state index < -0.39 is 0 Å². The first-order valence-electron chi connectivity index (χ1n) is 4.02. The van der Waals surface area contributed by atoms with E-state index in [1.165, 1.54) is 6.42 Å². The summed E-state index contributed by atoms with van der Waals surface area (Å²) in [7, 11) is 5.87. The molecule has 0 spiro atoms. The standard InChI is InChI=1S/C8H15BS/c1-6(2)7-3-4-8(9,10)5-7/h6-7,10H,3-5H2,1-2H3. The highest BCUT2D eigenvalue weighted by molar-refractivity contribution is 7.83. The molecule has 0 amide bonds. The molecule has 0 saturated heterocycles. The minimum absolute atomic E-state index is 0.158. The predicted molar refractivity (Wildman–Crippen MR) is 49.7 cm³/mol. The molecule has 1 rings (SSSR count). The van der Waals surface area contributed by atoms with Gasteiger partial charge in [0.25, 0.3) is 0 Å². The highest BCUT2D eigenvalue weighted by Crippen LogP contribution is 2.40. The highest BCUT2D eigenvalue weighted by Gasteiger charge is 2.32. The zero-order valence-corrected chi connectivity index (χ0v) is 7.70. The molecule has 10 heavy (non-hydrogen) atoms. The third-order valence-electron chi connectivity index (χ3n) is 2.51. The van der Waals surface area contributed by atoms with Crippen molar-refractivity contribution in [3.63, 3.8) is 0 Å². The lowest BCUT2D eigenvalue weighted by atomic mass is 9.82. The monoisotopic (exact) mass is 154 g/mol. The largest absolute Gasteiger partial charge is 0.182 e. The molecule has 0 bridgehead atoms. The summed E-state index contributed by atoms with van der Waals surface area (Å²) < 4.78 is -0.158. The van der Waals surface area contributed by atoms with Gasteiger partial charge in [-0.1, -0.05) is 13.8 Å². The minimum atomic E-state index is -0.158. The first-order chi connectivity index (χ1) is 4.51. The van der Waals surface area contributed by atoms with Crippen LogP contribution in [-0.2, 0) is 0 Å². The van der Waals surface area contributed by atoms with Crippen molar-refractivity contribution in [3.8, 4) is 0 Å². The average molecular weight is 154 g/mol. The first-order valence-corrected chi connectivity index (χ1v) is 4.47. The van der Waals surface area contributed by atoms with Gasteiger partial charge >= 0.3 is 0 Å². The molecule has 2 radical (unpaired) electrons. The van der Waals surface area contributed by atoms with Crippen molar-refractivity contribution >= 4 is 20.5 Å². The van der Waals surface area contributed by atoms with Gasteiger partial charge in [0.15, 0.2) is 0 Å². The van der Waals surface area contributed by atoms with E-state index in [1.807, 2.05) is 0 Å². The van der Waals surface area contributed by atoms with Crippen LogP contribution in [0.2, 0.25) is 0 Å². The molecular weight excluding hydrogens is 139 g/mol. The van der Waals surface area contributed by atoms with Crippen LogP contribution in [0.25, 0.3) is 0 Å². The van der Waals surface area contributed by atoms with Crippen molar-refractivity contribution in [2.75, 3.05) is 0 Å². The zero-order valence-electron chi connectivity index (χ0n) is 6.80. The Balaban J connectivity index is 2.43. The number of thiol groups is 1. The molecule has 2 heteroatoms. The van der Waals surface area contributed by atoms with Crippen LogP contribution in [0.3, 0.4) is 0 Å². The van der Waals surface area contributed by atoms with Crippen molar-refractivity contribution < 1.29 is 0 Å². The fourth-order valence-electron chi connectivity index (χ4n) is 1.66.